The average Bonchev–Trinajstić information content (AvgIpc) is 3.03. The molecule has 14 heteroatoms. The molecule has 2 aromatic rings. The van der Waals surface area contributed by atoms with Crippen LogP contribution in [0.1, 0.15) is 55.9 Å². The molecule has 2 saturated heterocycles. The lowest BCUT2D eigenvalue weighted by Gasteiger charge is -2.35. The van der Waals surface area contributed by atoms with Gasteiger partial charge < -0.3 is 35.0 Å². The van der Waals surface area contributed by atoms with Gasteiger partial charge in [-0.3, -0.25) is 14.4 Å². The molecular formula is C30H40N6O8. The second kappa shape index (κ2) is 16.5. The fraction of sp³-hybridized carbons (Fsp3) is 0.533. The second-order valence-electron chi connectivity index (χ2n) is 10.6. The molecule has 0 spiro atoms. The number of amides is 2. The van der Waals surface area contributed by atoms with Gasteiger partial charge >= 0.3 is 12.1 Å². The fourth-order valence-electron chi connectivity index (χ4n) is 4.81. The van der Waals surface area contributed by atoms with E-state index in [0.717, 1.165) is 38.8 Å². The molecule has 1 atom stereocenters. The number of rotatable bonds is 13. The third-order valence-electron chi connectivity index (χ3n) is 7.26. The van der Waals surface area contributed by atoms with Crippen molar-refractivity contribution in [3.63, 3.8) is 0 Å². The summed E-state index contributed by atoms with van der Waals surface area (Å²) in [5.74, 6) is -1.65. The van der Waals surface area contributed by atoms with E-state index in [2.05, 4.69) is 20.6 Å². The molecule has 0 saturated carbocycles. The lowest BCUT2D eigenvalue weighted by atomic mass is 10.1. The van der Waals surface area contributed by atoms with Crippen molar-refractivity contribution in [2.24, 2.45) is 0 Å². The monoisotopic (exact) mass is 612 g/mol. The zero-order chi connectivity index (χ0) is 31.3. The van der Waals surface area contributed by atoms with E-state index < -0.39 is 30.0 Å². The number of unbranched alkanes of at least 4 members (excludes halogenated alkanes) is 1. The van der Waals surface area contributed by atoms with E-state index in [1.54, 1.807) is 0 Å². The summed E-state index contributed by atoms with van der Waals surface area (Å²) in [5, 5.41) is 16.7. The molecule has 0 radical (unpaired) electrons. The Labute approximate surface area is 256 Å². The number of carboxylic acids is 1. The number of carbonyl (C=O) groups excluding carboxylic acids is 3. The highest BCUT2D eigenvalue weighted by atomic mass is 16.8. The van der Waals surface area contributed by atoms with E-state index in [1.807, 2.05) is 37.3 Å². The Bertz CT molecular complexity index is 1270. The molecule has 0 bridgehead atoms. The largest absolute Gasteiger partial charge is 0.527 e. The summed E-state index contributed by atoms with van der Waals surface area (Å²) in [5.41, 5.74) is 0.681. The highest BCUT2D eigenvalue weighted by Gasteiger charge is 2.31. The second-order valence-corrected chi connectivity index (χ2v) is 10.6. The third-order valence-corrected chi connectivity index (χ3v) is 7.26. The molecule has 3 heterocycles. The van der Waals surface area contributed by atoms with Crippen LogP contribution in [-0.2, 0) is 19.2 Å². The summed E-state index contributed by atoms with van der Waals surface area (Å²) in [6.45, 7) is 4.76. The predicted octanol–water partition coefficient (Wildman–Crippen LogP) is 2.25. The number of aromatic nitrogens is 2. The van der Waals surface area contributed by atoms with Crippen LogP contribution in [0.5, 0.6) is 5.88 Å². The normalized spacial score (nSPS) is 16.5. The Morgan fingerprint density at radius 2 is 1.80 bits per heavy atom. The molecule has 0 aliphatic carbocycles. The molecule has 2 amide bonds. The summed E-state index contributed by atoms with van der Waals surface area (Å²) in [6.07, 6.45) is 1.88. The summed E-state index contributed by atoms with van der Waals surface area (Å²) in [4.78, 5) is 66.0. The van der Waals surface area contributed by atoms with Gasteiger partial charge in [0.05, 0.1) is 19.7 Å². The van der Waals surface area contributed by atoms with E-state index in [-0.39, 0.29) is 63.3 Å². The Balaban J connectivity index is 1.45. The lowest BCUT2D eigenvalue weighted by Crippen LogP contribution is -2.55. The van der Waals surface area contributed by atoms with Gasteiger partial charge in [0.1, 0.15) is 17.8 Å². The number of benzene rings is 1. The van der Waals surface area contributed by atoms with Crippen molar-refractivity contribution in [1.82, 2.24) is 30.6 Å². The van der Waals surface area contributed by atoms with Crippen LogP contribution < -0.4 is 15.4 Å². The van der Waals surface area contributed by atoms with Gasteiger partial charge in [0.2, 0.25) is 11.8 Å². The molecule has 238 valence electrons. The standard InChI is InChI=1S/C30H40N6O8/c1-2-3-19-42-30(41)44-36-17-15-35(16-18-36)29(40)23(9-10-26(37)38)33-28(39)24-20-25(43-22-11-13-31-14-12-22)34-27(32-24)21-7-5-4-6-8-21/h4-8,20,22-23,31H,2-3,9-19H2,1H3,(H,33,39)(H,37,38)/t23-/m0/s1. The maximum Gasteiger partial charge on any atom is 0.527 e. The van der Waals surface area contributed by atoms with Crippen LogP contribution in [-0.4, -0.2) is 107 Å². The molecular weight excluding hydrogens is 572 g/mol. The Kier molecular flexibility index (Phi) is 12.2. The van der Waals surface area contributed by atoms with Crippen molar-refractivity contribution in [2.45, 2.75) is 57.6 Å². The number of carbonyl (C=O) groups is 4. The summed E-state index contributed by atoms with van der Waals surface area (Å²) >= 11 is 0. The van der Waals surface area contributed by atoms with E-state index in [1.165, 1.54) is 16.0 Å². The number of piperazine rings is 1. The van der Waals surface area contributed by atoms with Gasteiger partial charge in [0.15, 0.2) is 5.82 Å². The van der Waals surface area contributed by atoms with Gasteiger partial charge in [0.25, 0.3) is 5.91 Å². The van der Waals surface area contributed by atoms with E-state index in [9.17, 15) is 24.3 Å². The smallest absolute Gasteiger partial charge is 0.481 e. The molecule has 44 heavy (non-hydrogen) atoms. The van der Waals surface area contributed by atoms with E-state index in [4.69, 9.17) is 14.3 Å². The van der Waals surface area contributed by atoms with E-state index >= 15 is 0 Å². The topological polar surface area (TPSA) is 173 Å². The number of hydroxylamine groups is 2. The molecule has 14 nitrogen and oxygen atoms in total. The first-order valence-corrected chi connectivity index (χ1v) is 15.1. The SMILES string of the molecule is CCCCOC(=O)ON1CCN(C(=O)[C@H](CCC(=O)O)NC(=O)c2cc(OC3CCNCC3)nc(-c3ccccc3)n2)CC1. The molecule has 0 unspecified atom stereocenters. The van der Waals surface area contributed by atoms with Crippen LogP contribution in [0.3, 0.4) is 0 Å². The van der Waals surface area contributed by atoms with Crippen LogP contribution in [0, 0.1) is 0 Å². The van der Waals surface area contributed by atoms with Crippen LogP contribution >= 0.6 is 0 Å². The first-order valence-electron chi connectivity index (χ1n) is 15.1. The third kappa shape index (κ3) is 9.88. The molecule has 2 fully saturated rings. The number of hydrogen-bond donors (Lipinski definition) is 3. The molecule has 1 aromatic heterocycles. The van der Waals surface area contributed by atoms with Gasteiger partial charge in [0, 0.05) is 31.1 Å². The Hall–Kier alpha value is -4.30. The van der Waals surface area contributed by atoms with Crippen molar-refractivity contribution in [2.75, 3.05) is 45.9 Å². The number of nitrogens with zero attached hydrogens (tertiary/aromatic N) is 4. The predicted molar refractivity (Wildman–Crippen MR) is 158 cm³/mol. The van der Waals surface area contributed by atoms with Gasteiger partial charge in [-0.15, -0.1) is 5.06 Å². The van der Waals surface area contributed by atoms with Crippen LogP contribution in [0.2, 0.25) is 0 Å². The number of aliphatic carboxylic acids is 1. The Morgan fingerprint density at radius 1 is 1.07 bits per heavy atom. The molecule has 2 aliphatic rings. The van der Waals surface area contributed by atoms with Crippen molar-refractivity contribution in [1.29, 1.82) is 0 Å². The van der Waals surface area contributed by atoms with Crippen LogP contribution in [0.25, 0.3) is 11.4 Å². The Morgan fingerprint density at radius 3 is 2.48 bits per heavy atom. The minimum atomic E-state index is -1.12. The summed E-state index contributed by atoms with van der Waals surface area (Å²) < 4.78 is 11.1. The maximum atomic E-state index is 13.5. The maximum absolute atomic E-state index is 13.5. The minimum Gasteiger partial charge on any atom is -0.481 e. The molecule has 2 aliphatic heterocycles. The van der Waals surface area contributed by atoms with Crippen molar-refractivity contribution in [3.8, 4) is 17.3 Å². The average molecular weight is 613 g/mol. The van der Waals surface area contributed by atoms with Gasteiger partial charge in [-0.1, -0.05) is 43.7 Å². The van der Waals surface area contributed by atoms with Gasteiger partial charge in [-0.25, -0.2) is 9.78 Å². The zero-order valence-electron chi connectivity index (χ0n) is 24.9. The highest BCUT2D eigenvalue weighted by Crippen LogP contribution is 2.22. The van der Waals surface area contributed by atoms with Crippen molar-refractivity contribution in [3.05, 3.63) is 42.1 Å². The first-order chi connectivity index (χ1) is 21.3. The molecule has 1 aromatic carbocycles. The molecule has 3 N–H and O–H groups in total. The van der Waals surface area contributed by atoms with Crippen molar-refractivity contribution >= 4 is 23.9 Å². The van der Waals surface area contributed by atoms with Gasteiger partial charge in [-0.05, 0) is 38.8 Å². The summed E-state index contributed by atoms with van der Waals surface area (Å²) in [7, 11) is 0. The van der Waals surface area contributed by atoms with Crippen LogP contribution in [0.4, 0.5) is 4.79 Å². The first kappa shape index (κ1) is 32.6. The molecule has 4 rings (SSSR count). The van der Waals surface area contributed by atoms with Crippen molar-refractivity contribution < 1.29 is 38.6 Å². The van der Waals surface area contributed by atoms with Crippen LogP contribution in [0.15, 0.2) is 36.4 Å². The number of ether oxygens (including phenoxy) is 2. The fourth-order valence-corrected chi connectivity index (χ4v) is 4.81. The number of nitrogens with one attached hydrogen (secondary N) is 2. The quantitative estimate of drug-likeness (QED) is 0.223. The number of hydrogen-bond acceptors (Lipinski definition) is 11. The number of carboxylic acid groups (broad SMARTS) is 1. The van der Waals surface area contributed by atoms with E-state index in [0.29, 0.717) is 11.4 Å². The minimum absolute atomic E-state index is 0.00397. The zero-order valence-corrected chi connectivity index (χ0v) is 24.9. The summed E-state index contributed by atoms with van der Waals surface area (Å²) in [6, 6.07) is 9.49. The number of piperidine rings is 1. The lowest BCUT2D eigenvalue weighted by molar-refractivity contribution is -0.158. The highest BCUT2D eigenvalue weighted by molar-refractivity contribution is 5.96. The van der Waals surface area contributed by atoms with Gasteiger partial charge in [-0.2, -0.15) is 4.98 Å².